The molecular weight excluding hydrogens is 1380 g/mol. The summed E-state index contributed by atoms with van der Waals surface area (Å²) in [4.78, 5) is 44.6. The van der Waals surface area contributed by atoms with Crippen LogP contribution in [0, 0.1) is 0 Å². The lowest BCUT2D eigenvalue weighted by Gasteiger charge is -2.59. The van der Waals surface area contributed by atoms with E-state index in [1.165, 1.54) is 62.1 Å². The van der Waals surface area contributed by atoms with E-state index in [9.17, 15) is 41.7 Å². The molecule has 0 amide bonds. The smallest absolute Gasteiger partial charge is 0.231 e. The van der Waals surface area contributed by atoms with Crippen molar-refractivity contribution in [2.45, 2.75) is 472 Å². The maximum absolute atomic E-state index is 12.1. The number of rotatable bonds is 15. The molecule has 8 aliphatic rings. The van der Waals surface area contributed by atoms with Crippen LogP contribution in [0.15, 0.2) is 10.3 Å². The first-order valence-electron chi connectivity index (χ1n) is 39.6. The molecule has 0 aliphatic carbocycles. The predicted octanol–water partition coefficient (Wildman–Crippen LogP) is 15.4. The summed E-state index contributed by atoms with van der Waals surface area (Å²) < 4.78 is 0. The predicted molar refractivity (Wildman–Crippen MR) is 420 cm³/mol. The van der Waals surface area contributed by atoms with E-state index >= 15 is 0 Å². The van der Waals surface area contributed by atoms with Gasteiger partial charge in [0.25, 0.3) is 0 Å². The van der Waals surface area contributed by atoms with Crippen molar-refractivity contribution in [2.24, 2.45) is 0 Å². The molecule has 0 saturated carbocycles. The average Bonchev–Trinajstić information content (AvgIpc) is 0.743. The van der Waals surface area contributed by atoms with Crippen LogP contribution in [0.1, 0.15) is 324 Å². The quantitative estimate of drug-likeness (QED) is 0.0770. The Balaban J connectivity index is 1.26. The Morgan fingerprint density at radius 1 is 0.198 bits per heavy atom. The van der Waals surface area contributed by atoms with Crippen molar-refractivity contribution in [2.75, 3.05) is 19.6 Å². The van der Waals surface area contributed by atoms with E-state index in [0.717, 1.165) is 0 Å². The molecule has 10 rings (SSSR count). The lowest BCUT2D eigenvalue weighted by molar-refractivity contribution is -0.251. The van der Waals surface area contributed by atoms with Gasteiger partial charge in [-0.15, -0.1) is 0 Å². The van der Waals surface area contributed by atoms with Gasteiger partial charge in [0.2, 0.25) is 34.1 Å². The first-order valence-corrected chi connectivity index (χ1v) is 41.7. The van der Waals surface area contributed by atoms with E-state index in [1.54, 1.807) is 0 Å². The molecule has 8 fully saturated rings. The third kappa shape index (κ3) is 16.3. The second-order valence-electron chi connectivity index (χ2n) is 44.2. The minimum atomic E-state index is -0.689. The maximum Gasteiger partial charge on any atom is 0.231 e. The molecule has 8 saturated heterocycles. The highest BCUT2D eigenvalue weighted by Gasteiger charge is 2.59. The highest BCUT2D eigenvalue weighted by atomic mass is 33.1. The SMILES string of the molecule is CC1(C)CC(N(c2nc(SSc3nc(N(C4CC(C)(C)N(O)C(C)(C)C4)C4CC(C)(C)N(O)C(C)(C)C4)nc(N(C4CC(C)(C)N(O)C(C)(C)C4)C4CC(C)(C)N(O)C(C)(C)C4)n3)nc(N(C3CC(C)(C)N(O)C(C)(C)C3)C3CC(C)(C)N(O)C(C)(C)C3)n2)C2CC(C)(C)N(O)C(C)(C)C2)CC(C)(C)N1O. The molecule has 2 aromatic heterocycles. The molecular formula is C78H144N18O8S2. The Morgan fingerprint density at radius 3 is 0.387 bits per heavy atom. The van der Waals surface area contributed by atoms with Crippen molar-refractivity contribution in [3.05, 3.63) is 0 Å². The number of aromatic nitrogens is 6. The fraction of sp³-hybridized carbons (Fsp3) is 0.923. The second-order valence-corrected chi connectivity index (χ2v) is 46.3. The van der Waals surface area contributed by atoms with Crippen molar-refractivity contribution in [1.29, 1.82) is 0 Å². The number of piperidine rings is 8. The van der Waals surface area contributed by atoms with Gasteiger partial charge < -0.3 is 61.3 Å². The van der Waals surface area contributed by atoms with Crippen LogP contribution in [-0.2, 0) is 0 Å². The fourth-order valence-corrected chi connectivity index (χ4v) is 24.6. The van der Waals surface area contributed by atoms with Crippen molar-refractivity contribution < 1.29 is 41.7 Å². The largest absolute Gasteiger partial charge is 0.334 e. The van der Waals surface area contributed by atoms with Crippen LogP contribution in [0.4, 0.5) is 23.8 Å². The van der Waals surface area contributed by atoms with Crippen LogP contribution in [0.25, 0.3) is 0 Å². The first kappa shape index (κ1) is 85.7. The van der Waals surface area contributed by atoms with Gasteiger partial charge in [0, 0.05) is 137 Å². The van der Waals surface area contributed by atoms with Crippen molar-refractivity contribution in [3.8, 4) is 0 Å². The van der Waals surface area contributed by atoms with Crippen LogP contribution in [0.2, 0.25) is 0 Å². The Labute approximate surface area is 645 Å². The summed E-state index contributed by atoms with van der Waals surface area (Å²) in [5.74, 6) is 1.88. The molecule has 0 aromatic carbocycles. The van der Waals surface area contributed by atoms with E-state index in [4.69, 9.17) is 29.9 Å². The molecule has 8 aliphatic heterocycles. The third-order valence-corrected chi connectivity index (χ3v) is 28.3. The van der Waals surface area contributed by atoms with Crippen molar-refractivity contribution in [1.82, 2.24) is 70.4 Å². The normalized spacial score (nSPS) is 29.8. The van der Waals surface area contributed by atoms with Crippen LogP contribution in [0.5, 0.6) is 0 Å². The van der Waals surface area contributed by atoms with Crippen molar-refractivity contribution >= 4 is 45.4 Å². The van der Waals surface area contributed by atoms with Crippen molar-refractivity contribution in [3.63, 3.8) is 0 Å². The summed E-state index contributed by atoms with van der Waals surface area (Å²) in [5, 5.41) is 110. The summed E-state index contributed by atoms with van der Waals surface area (Å²) >= 11 is 0. The van der Waals surface area contributed by atoms with Crippen LogP contribution < -0.4 is 19.6 Å². The van der Waals surface area contributed by atoms with E-state index in [-0.39, 0.29) is 48.3 Å². The van der Waals surface area contributed by atoms with E-state index in [1.807, 2.05) is 0 Å². The van der Waals surface area contributed by atoms with Gasteiger partial charge in [-0.05, 0) is 346 Å². The Hall–Kier alpha value is -2.72. The summed E-state index contributed by atoms with van der Waals surface area (Å²) in [6.07, 6.45) is 8.92. The molecule has 28 heteroatoms. The van der Waals surface area contributed by atoms with Crippen LogP contribution >= 0.6 is 21.6 Å². The molecule has 0 spiro atoms. The minimum Gasteiger partial charge on any atom is -0.334 e. The van der Waals surface area contributed by atoms with Gasteiger partial charge in [0.15, 0.2) is 0 Å². The number of hydrogen-bond acceptors (Lipinski definition) is 28. The number of hydrogen-bond donors (Lipinski definition) is 8. The standard InChI is InChI=1S/C78H144N18O8S2/c1-63(2)33-49(34-64(3,4)89(63)97)85(50-35-65(5,6)90(98)66(7,8)36-50)57-79-58(86(51-37-67(9,10)91(99)68(11,12)38-51)52-39-69(13,14)92(100)70(15,16)40-52)82-61(81-57)105-106-62-83-59(87(53-41-71(17,18)93(101)72(19,20)42-53)54-43-73(21,22)94(102)74(23,24)44-54)80-60(84-62)88(55-45-75(25,26)95(103)76(27,28)46-55)56-47-77(29,30)96(104)78(31,32)48-56/h49-56,97-104H,33-48H2,1-32H3. The molecule has 10 heterocycles. The molecule has 0 atom stereocenters. The van der Waals surface area contributed by atoms with Gasteiger partial charge in [0.1, 0.15) is 0 Å². The van der Waals surface area contributed by atoms with Gasteiger partial charge in [-0.3, -0.25) is 0 Å². The zero-order chi connectivity index (χ0) is 80.0. The minimum absolute atomic E-state index is 0.221. The van der Waals surface area contributed by atoms with E-state index in [0.29, 0.717) is 137 Å². The molecule has 0 unspecified atom stereocenters. The Morgan fingerprint density at radius 2 is 0.292 bits per heavy atom. The number of nitrogens with zero attached hydrogens (tertiary/aromatic N) is 18. The average molecular weight is 1530 g/mol. The summed E-state index contributed by atoms with van der Waals surface area (Å²) in [6, 6.07) is -1.77. The summed E-state index contributed by atoms with van der Waals surface area (Å²) in [6.45, 7) is 67.1. The van der Waals surface area contributed by atoms with Crippen LogP contribution in [0.3, 0.4) is 0 Å². The van der Waals surface area contributed by atoms with E-state index < -0.39 is 88.6 Å². The zero-order valence-corrected chi connectivity index (χ0v) is 73.0. The fourth-order valence-electron chi connectivity index (χ4n) is 23.1. The van der Waals surface area contributed by atoms with Gasteiger partial charge in [-0.25, -0.2) is 0 Å². The highest BCUT2D eigenvalue weighted by molar-refractivity contribution is 8.76. The van der Waals surface area contributed by atoms with Gasteiger partial charge in [0.05, 0.1) is 0 Å². The molecule has 26 nitrogen and oxygen atoms in total. The lowest BCUT2D eigenvalue weighted by atomic mass is 9.74. The zero-order valence-electron chi connectivity index (χ0n) is 71.4. The molecule has 0 radical (unpaired) electrons. The summed E-state index contributed by atoms with van der Waals surface area (Å²) in [7, 11) is 2.73. The molecule has 0 bridgehead atoms. The number of anilines is 4. The maximum atomic E-state index is 12.1. The first-order chi connectivity index (χ1) is 47.6. The van der Waals surface area contributed by atoms with Gasteiger partial charge in [-0.2, -0.15) is 70.4 Å². The molecule has 8 N–H and O–H groups in total. The van der Waals surface area contributed by atoms with Crippen LogP contribution in [-0.4, -0.2) is 249 Å². The Kier molecular flexibility index (Phi) is 22.2. The second kappa shape index (κ2) is 27.5. The number of hydroxylamine groups is 16. The van der Waals surface area contributed by atoms with E-state index in [2.05, 4.69) is 241 Å². The summed E-state index contributed by atoms with van der Waals surface area (Å²) in [5.41, 5.74) is -11.0. The molecule has 2 aromatic rings. The topological polar surface area (TPSA) is 278 Å². The highest BCUT2D eigenvalue weighted by Crippen LogP contribution is 2.53. The van der Waals surface area contributed by atoms with Gasteiger partial charge >= 0.3 is 0 Å². The Bertz CT molecular complexity index is 2760. The molecule has 106 heavy (non-hydrogen) atoms. The third-order valence-electron chi connectivity index (χ3n) is 26.4. The monoisotopic (exact) mass is 1530 g/mol. The van der Waals surface area contributed by atoms with Gasteiger partial charge in [-0.1, -0.05) is 0 Å². The lowest BCUT2D eigenvalue weighted by Crippen LogP contribution is -2.68. The molecule has 606 valence electrons.